The first kappa shape index (κ1) is 38.6. The molecule has 0 saturated heterocycles. The zero-order valence-corrected chi connectivity index (χ0v) is 32.5. The number of carbonyl (C=O) groups excluding carboxylic acids is 2. The number of aliphatic hydroxyl groups excluding tert-OH is 1. The number of halogens is 1. The van der Waals surface area contributed by atoms with Gasteiger partial charge in [0.25, 0.3) is 5.91 Å². The number of aliphatic hydroxyl groups is 1. The van der Waals surface area contributed by atoms with Crippen LogP contribution in [0.25, 0.3) is 0 Å². The van der Waals surface area contributed by atoms with Crippen LogP contribution in [0.1, 0.15) is 49.5 Å². The van der Waals surface area contributed by atoms with Crippen LogP contribution in [0.3, 0.4) is 0 Å². The van der Waals surface area contributed by atoms with E-state index in [0.29, 0.717) is 50.3 Å². The molecule has 1 heterocycles. The van der Waals surface area contributed by atoms with Gasteiger partial charge in [-0.2, -0.15) is 0 Å². The molecule has 249 valence electrons. The molecule has 13 heteroatoms. The zero-order valence-electron chi connectivity index (χ0n) is 27.0. The van der Waals surface area contributed by atoms with E-state index < -0.39 is 35.4 Å². The number of amides is 2. The van der Waals surface area contributed by atoms with E-state index in [1.54, 1.807) is 54.6 Å². The Morgan fingerprint density at radius 2 is 1.72 bits per heavy atom. The molecule has 47 heavy (non-hydrogen) atoms. The molecule has 0 saturated carbocycles. The second kappa shape index (κ2) is 17.0. The van der Waals surface area contributed by atoms with Crippen LogP contribution in [0.2, 0.25) is 5.02 Å². The summed E-state index contributed by atoms with van der Waals surface area (Å²) in [6, 6.07) is 15.4. The average Bonchev–Trinajstić information content (AvgIpc) is 3.13. The number of para-hydroxylation sites is 1. The van der Waals surface area contributed by atoms with E-state index in [0.717, 1.165) is 0 Å². The minimum Gasteiger partial charge on any atom is -0.495 e. The van der Waals surface area contributed by atoms with Crippen LogP contribution in [0.5, 0.6) is 17.2 Å². The summed E-state index contributed by atoms with van der Waals surface area (Å²) in [7, 11) is 4.47. The Hall–Kier alpha value is -2.88. The van der Waals surface area contributed by atoms with E-state index in [1.165, 1.54) is 26.2 Å². The number of ether oxygens (including phenoxy) is 4. The number of methoxy groups -OCH3 is 3. The molecule has 0 spiro atoms. The second-order valence-corrected chi connectivity index (χ2v) is 12.2. The predicted molar refractivity (Wildman–Crippen MR) is 173 cm³/mol. The molecule has 1 aliphatic heterocycles. The SMILES string of the molecule is COc1ccc(CCC(=O)O)cc1NC(=O)C[C@H]1O[C@H](c2cccc(OC)c2OC)c2cc(Cl)ccc2N(CC(C)(C)CO)C1=O.[Ac]. The Kier molecular flexibility index (Phi) is 13.9. The predicted octanol–water partition coefficient (Wildman–Crippen LogP) is 5.25. The number of nitrogens with zero attached hydrogens (tertiary/aromatic N) is 1. The zero-order chi connectivity index (χ0) is 33.6. The van der Waals surface area contributed by atoms with Crippen LogP contribution in [0, 0.1) is 49.5 Å². The molecule has 0 fully saturated rings. The summed E-state index contributed by atoms with van der Waals surface area (Å²) in [6.07, 6.45) is -2.38. The minimum atomic E-state index is -1.28. The summed E-state index contributed by atoms with van der Waals surface area (Å²) in [4.78, 5) is 40.6. The van der Waals surface area contributed by atoms with Crippen LogP contribution < -0.4 is 24.4 Å². The Labute approximate surface area is 315 Å². The topological polar surface area (TPSA) is 144 Å². The number of carboxylic acids is 1. The van der Waals surface area contributed by atoms with Gasteiger partial charge in [-0.25, -0.2) is 0 Å². The fraction of sp³-hybridized carbons (Fsp3) is 0.382. The Morgan fingerprint density at radius 3 is 2.36 bits per heavy atom. The van der Waals surface area contributed by atoms with Crippen molar-refractivity contribution in [2.45, 2.75) is 45.3 Å². The van der Waals surface area contributed by atoms with Crippen molar-refractivity contribution in [1.29, 1.82) is 0 Å². The summed E-state index contributed by atoms with van der Waals surface area (Å²) in [5.74, 6) is -0.744. The van der Waals surface area contributed by atoms with Crippen LogP contribution in [-0.4, -0.2) is 68.6 Å². The van der Waals surface area contributed by atoms with Crippen LogP contribution in [-0.2, 0) is 25.5 Å². The molecular weight excluding hydrogens is 843 g/mol. The monoisotopic (exact) mass is 881 g/mol. The van der Waals surface area contributed by atoms with Gasteiger partial charge in [0.2, 0.25) is 5.91 Å². The summed E-state index contributed by atoms with van der Waals surface area (Å²) in [5.41, 5.74) is 1.96. The van der Waals surface area contributed by atoms with Crippen molar-refractivity contribution >= 4 is 40.8 Å². The van der Waals surface area contributed by atoms with Crippen molar-refractivity contribution in [3.05, 3.63) is 76.3 Å². The normalized spacial score (nSPS) is 16.0. The maximum absolute atomic E-state index is 14.3. The third kappa shape index (κ3) is 9.39. The van der Waals surface area contributed by atoms with Gasteiger partial charge in [0, 0.05) is 90.9 Å². The summed E-state index contributed by atoms with van der Waals surface area (Å²) >= 11 is 6.49. The molecular formula is C34H39AcClN2O9. The van der Waals surface area contributed by atoms with E-state index in [1.807, 2.05) is 13.8 Å². The van der Waals surface area contributed by atoms with Crippen molar-refractivity contribution in [3.63, 3.8) is 0 Å². The van der Waals surface area contributed by atoms with Gasteiger partial charge < -0.3 is 39.4 Å². The Balaban J connectivity index is 0.00000600. The van der Waals surface area contributed by atoms with Crippen LogP contribution >= 0.6 is 11.6 Å². The second-order valence-electron chi connectivity index (χ2n) is 11.7. The van der Waals surface area contributed by atoms with Crippen LogP contribution in [0.15, 0.2) is 54.6 Å². The number of fused-ring (bicyclic) bond motifs is 1. The van der Waals surface area contributed by atoms with E-state index in [4.69, 9.17) is 35.7 Å². The number of rotatable bonds is 13. The number of anilines is 2. The number of nitrogens with one attached hydrogen (secondary N) is 1. The first-order valence-corrected chi connectivity index (χ1v) is 15.1. The van der Waals surface area contributed by atoms with Gasteiger partial charge in [-0.05, 0) is 48.4 Å². The fourth-order valence-electron chi connectivity index (χ4n) is 5.33. The largest absolute Gasteiger partial charge is 0.495 e. The number of aryl methyl sites for hydroxylation is 1. The van der Waals surface area contributed by atoms with E-state index in [9.17, 15) is 19.5 Å². The molecule has 1 radical (unpaired) electrons. The first-order chi connectivity index (χ1) is 21.9. The number of hydrogen-bond donors (Lipinski definition) is 3. The molecule has 3 N–H and O–H groups in total. The summed E-state index contributed by atoms with van der Waals surface area (Å²) in [6.45, 7) is 3.59. The van der Waals surface area contributed by atoms with Gasteiger partial charge in [-0.15, -0.1) is 0 Å². The molecule has 2 amide bonds. The molecule has 0 unspecified atom stereocenters. The third-order valence-corrected chi connectivity index (χ3v) is 7.91. The maximum Gasteiger partial charge on any atom is 0.303 e. The molecule has 3 aromatic rings. The van der Waals surface area contributed by atoms with Gasteiger partial charge in [-0.3, -0.25) is 14.4 Å². The Bertz CT molecular complexity index is 1600. The van der Waals surface area contributed by atoms with Gasteiger partial charge in [0.1, 0.15) is 18.0 Å². The van der Waals surface area contributed by atoms with Crippen LogP contribution in [0.4, 0.5) is 11.4 Å². The van der Waals surface area contributed by atoms with Crippen molar-refractivity contribution in [2.75, 3.05) is 44.7 Å². The smallest absolute Gasteiger partial charge is 0.303 e. The summed E-state index contributed by atoms with van der Waals surface area (Å²) < 4.78 is 23.2. The molecule has 11 nitrogen and oxygen atoms in total. The standard InChI is InChI=1S/C34H39ClN2O9.Ac/c1-34(2,19-38)18-37-25-12-11-21(35)16-23(25)31(22-7-6-8-27(44-4)32(22)45-5)46-28(33(37)42)17-29(39)36-24-15-20(10-14-30(40)41)9-13-26(24)43-3;/h6-9,11-13,15-16,28,31,38H,10,14,17-19H2,1-5H3,(H,36,39)(H,40,41);/t28-,31-;/m1./s1. The number of aliphatic carboxylic acids is 1. The number of benzene rings is 3. The molecule has 0 aromatic heterocycles. The number of carboxylic acid groups (broad SMARTS) is 1. The molecule has 1 aliphatic rings. The maximum atomic E-state index is 14.3. The quantitative estimate of drug-likeness (QED) is 0.210. The van der Waals surface area contributed by atoms with Crippen molar-refractivity contribution in [3.8, 4) is 17.2 Å². The minimum absolute atomic E-state index is 0. The molecule has 3 aromatic carbocycles. The van der Waals surface area contributed by atoms with E-state index in [-0.39, 0.29) is 76.5 Å². The van der Waals surface area contributed by atoms with Crippen molar-refractivity contribution in [2.24, 2.45) is 5.41 Å². The Morgan fingerprint density at radius 1 is 1.00 bits per heavy atom. The van der Waals surface area contributed by atoms with Gasteiger partial charge in [0.05, 0.1) is 33.4 Å². The number of carbonyl (C=O) groups is 3. The molecule has 0 bridgehead atoms. The number of hydrogen-bond acceptors (Lipinski definition) is 8. The molecule has 4 rings (SSSR count). The van der Waals surface area contributed by atoms with E-state index >= 15 is 0 Å². The van der Waals surface area contributed by atoms with Gasteiger partial charge in [0.15, 0.2) is 11.5 Å². The van der Waals surface area contributed by atoms with E-state index in [2.05, 4.69) is 5.32 Å². The van der Waals surface area contributed by atoms with Crippen molar-refractivity contribution in [1.82, 2.24) is 0 Å². The fourth-order valence-corrected chi connectivity index (χ4v) is 5.52. The van der Waals surface area contributed by atoms with Gasteiger partial charge >= 0.3 is 5.97 Å². The molecule has 0 aliphatic carbocycles. The van der Waals surface area contributed by atoms with Crippen molar-refractivity contribution < 1.29 is 87.6 Å². The first-order valence-electron chi connectivity index (χ1n) is 14.7. The third-order valence-electron chi connectivity index (χ3n) is 7.67. The van der Waals surface area contributed by atoms with Gasteiger partial charge in [-0.1, -0.05) is 43.6 Å². The molecule has 2 atom stereocenters. The summed E-state index contributed by atoms with van der Waals surface area (Å²) in [5, 5.41) is 22.4. The average molecular weight is 882 g/mol.